The Hall–Kier alpha value is -3.41. The Morgan fingerprint density at radius 2 is 1.93 bits per heavy atom. The van der Waals surface area contributed by atoms with E-state index in [0.29, 0.717) is 23.5 Å². The normalized spacial score (nSPS) is 10.4. The number of likely N-dealkylation sites (N-methyl/N-ethyl adjacent to an activating group) is 1. The van der Waals surface area contributed by atoms with Crippen LogP contribution < -0.4 is 10.1 Å². The van der Waals surface area contributed by atoms with Crippen molar-refractivity contribution in [3.05, 3.63) is 66.4 Å². The van der Waals surface area contributed by atoms with Crippen molar-refractivity contribution < 1.29 is 14.3 Å². The first kappa shape index (κ1) is 18.4. The van der Waals surface area contributed by atoms with Crippen LogP contribution >= 0.6 is 0 Å². The third kappa shape index (κ3) is 4.23. The summed E-state index contributed by atoms with van der Waals surface area (Å²) in [5.74, 6) is 0.188. The molecule has 3 aromatic rings. The molecule has 0 atom stereocenters. The fourth-order valence-corrected chi connectivity index (χ4v) is 2.86. The zero-order chi connectivity index (χ0) is 19.2. The number of aromatic nitrogens is 1. The highest BCUT2D eigenvalue weighted by Crippen LogP contribution is 2.19. The van der Waals surface area contributed by atoms with Gasteiger partial charge in [-0.3, -0.25) is 14.6 Å². The number of nitrogens with zero attached hydrogens (tertiary/aromatic N) is 2. The van der Waals surface area contributed by atoms with Gasteiger partial charge in [0.05, 0.1) is 12.6 Å². The second kappa shape index (κ2) is 8.31. The highest BCUT2D eigenvalue weighted by Gasteiger charge is 2.19. The number of fused-ring (bicyclic) bond motifs is 1. The molecule has 1 heterocycles. The lowest BCUT2D eigenvalue weighted by atomic mass is 10.1. The minimum Gasteiger partial charge on any atom is -0.497 e. The van der Waals surface area contributed by atoms with E-state index in [1.807, 2.05) is 19.1 Å². The van der Waals surface area contributed by atoms with Crippen molar-refractivity contribution in [1.82, 2.24) is 9.88 Å². The Bertz CT molecular complexity index is 966. The number of rotatable bonds is 6. The molecule has 1 N–H and O–H groups in total. The molecule has 2 amide bonds. The summed E-state index contributed by atoms with van der Waals surface area (Å²) in [5, 5.41) is 3.57. The average Bonchev–Trinajstić information content (AvgIpc) is 2.71. The number of pyridine rings is 1. The van der Waals surface area contributed by atoms with Crippen LogP contribution in [-0.2, 0) is 4.79 Å². The van der Waals surface area contributed by atoms with Crippen molar-refractivity contribution in [2.24, 2.45) is 0 Å². The third-order valence-electron chi connectivity index (χ3n) is 4.23. The number of nitrogens with one attached hydrogen (secondary N) is 1. The van der Waals surface area contributed by atoms with Crippen LogP contribution in [0.15, 0.2) is 60.8 Å². The highest BCUT2D eigenvalue weighted by atomic mass is 16.5. The van der Waals surface area contributed by atoms with Gasteiger partial charge in [0.1, 0.15) is 12.3 Å². The van der Waals surface area contributed by atoms with Crippen LogP contribution in [0.25, 0.3) is 10.9 Å². The number of hydrogen-bond donors (Lipinski definition) is 1. The highest BCUT2D eigenvalue weighted by molar-refractivity contribution is 6.07. The van der Waals surface area contributed by atoms with Crippen molar-refractivity contribution in [2.75, 3.05) is 25.5 Å². The number of amides is 2. The maximum absolute atomic E-state index is 13.0. The van der Waals surface area contributed by atoms with E-state index in [1.54, 1.807) is 55.8 Å². The lowest BCUT2D eigenvalue weighted by molar-refractivity contribution is -0.116. The standard InChI is InChI=1S/C21H21N3O3/c1-3-24(14-20(25)23-15-7-4-8-16(13-15)27-2)21(26)18-9-5-11-19-17(18)10-6-12-22-19/h4-13H,3,14H2,1-2H3,(H,23,25). The van der Waals surface area contributed by atoms with E-state index in [-0.39, 0.29) is 18.4 Å². The van der Waals surface area contributed by atoms with Gasteiger partial charge in [-0.1, -0.05) is 18.2 Å². The number of carbonyl (C=O) groups is 2. The van der Waals surface area contributed by atoms with Gasteiger partial charge in [0.15, 0.2) is 0 Å². The minimum absolute atomic E-state index is 0.0385. The van der Waals surface area contributed by atoms with E-state index in [0.717, 1.165) is 10.9 Å². The van der Waals surface area contributed by atoms with Crippen LogP contribution in [0.5, 0.6) is 5.75 Å². The molecule has 0 spiro atoms. The summed E-state index contributed by atoms with van der Waals surface area (Å²) in [6.07, 6.45) is 1.69. The number of hydrogen-bond acceptors (Lipinski definition) is 4. The summed E-state index contributed by atoms with van der Waals surface area (Å²) >= 11 is 0. The fraction of sp³-hybridized carbons (Fsp3) is 0.190. The molecule has 0 aliphatic heterocycles. The number of ether oxygens (including phenoxy) is 1. The first-order valence-electron chi connectivity index (χ1n) is 8.69. The molecule has 6 nitrogen and oxygen atoms in total. The summed E-state index contributed by atoms with van der Waals surface area (Å²) < 4.78 is 5.15. The molecule has 27 heavy (non-hydrogen) atoms. The maximum atomic E-state index is 13.0. The molecule has 0 aliphatic rings. The number of anilines is 1. The van der Waals surface area contributed by atoms with Gasteiger partial charge >= 0.3 is 0 Å². The molecule has 0 unspecified atom stereocenters. The molecule has 2 aromatic carbocycles. The molecule has 0 fully saturated rings. The molecule has 138 valence electrons. The third-order valence-corrected chi connectivity index (χ3v) is 4.23. The molecule has 6 heteroatoms. The molecule has 1 aromatic heterocycles. The Morgan fingerprint density at radius 1 is 1.11 bits per heavy atom. The average molecular weight is 363 g/mol. The molecule has 0 saturated heterocycles. The van der Waals surface area contributed by atoms with Gasteiger partial charge < -0.3 is 15.0 Å². The Labute approximate surface area is 157 Å². The van der Waals surface area contributed by atoms with E-state index in [4.69, 9.17) is 4.74 Å². The number of benzene rings is 2. The zero-order valence-electron chi connectivity index (χ0n) is 15.3. The Balaban J connectivity index is 1.76. The fourth-order valence-electron chi connectivity index (χ4n) is 2.86. The van der Waals surface area contributed by atoms with Crippen molar-refractivity contribution >= 4 is 28.4 Å². The van der Waals surface area contributed by atoms with Gasteiger partial charge in [0.25, 0.3) is 5.91 Å². The van der Waals surface area contributed by atoms with Crippen LogP contribution in [0, 0.1) is 0 Å². The van der Waals surface area contributed by atoms with Crippen molar-refractivity contribution in [3.63, 3.8) is 0 Å². The van der Waals surface area contributed by atoms with Gasteiger partial charge in [-0.05, 0) is 37.3 Å². The van der Waals surface area contributed by atoms with Gasteiger partial charge in [0.2, 0.25) is 5.91 Å². The van der Waals surface area contributed by atoms with Crippen LogP contribution in [0.3, 0.4) is 0 Å². The number of methoxy groups -OCH3 is 1. The molecule has 0 saturated carbocycles. The first-order valence-corrected chi connectivity index (χ1v) is 8.69. The maximum Gasteiger partial charge on any atom is 0.254 e. The second-order valence-corrected chi connectivity index (χ2v) is 5.98. The molecule has 3 rings (SSSR count). The van der Waals surface area contributed by atoms with Crippen LogP contribution in [0.4, 0.5) is 5.69 Å². The van der Waals surface area contributed by atoms with Crippen molar-refractivity contribution in [3.8, 4) is 5.75 Å². The van der Waals surface area contributed by atoms with Crippen molar-refractivity contribution in [1.29, 1.82) is 0 Å². The summed E-state index contributed by atoms with van der Waals surface area (Å²) in [5.41, 5.74) is 1.91. The molecular formula is C21H21N3O3. The quantitative estimate of drug-likeness (QED) is 0.729. The number of carbonyl (C=O) groups excluding carboxylic acids is 2. The topological polar surface area (TPSA) is 71.5 Å². The van der Waals surface area contributed by atoms with E-state index in [2.05, 4.69) is 10.3 Å². The van der Waals surface area contributed by atoms with E-state index in [1.165, 1.54) is 4.90 Å². The Morgan fingerprint density at radius 3 is 2.70 bits per heavy atom. The van der Waals surface area contributed by atoms with Gasteiger partial charge in [-0.2, -0.15) is 0 Å². The summed E-state index contributed by atoms with van der Waals surface area (Å²) in [6.45, 7) is 2.23. The van der Waals surface area contributed by atoms with Gasteiger partial charge in [-0.25, -0.2) is 0 Å². The second-order valence-electron chi connectivity index (χ2n) is 5.98. The van der Waals surface area contributed by atoms with Gasteiger partial charge in [0, 0.05) is 35.4 Å². The zero-order valence-corrected chi connectivity index (χ0v) is 15.3. The summed E-state index contributed by atoms with van der Waals surface area (Å²) in [4.78, 5) is 31.2. The van der Waals surface area contributed by atoms with Crippen LogP contribution in [0.2, 0.25) is 0 Å². The van der Waals surface area contributed by atoms with Crippen LogP contribution in [0.1, 0.15) is 17.3 Å². The van der Waals surface area contributed by atoms with E-state index < -0.39 is 0 Å². The summed E-state index contributed by atoms with van der Waals surface area (Å²) in [7, 11) is 1.57. The van der Waals surface area contributed by atoms with E-state index >= 15 is 0 Å². The SMILES string of the molecule is CCN(CC(=O)Nc1cccc(OC)c1)C(=O)c1cccc2ncccc12. The lowest BCUT2D eigenvalue weighted by Crippen LogP contribution is -2.38. The largest absolute Gasteiger partial charge is 0.497 e. The molecule has 0 aliphatic carbocycles. The lowest BCUT2D eigenvalue weighted by Gasteiger charge is -2.21. The monoisotopic (exact) mass is 363 g/mol. The Kier molecular flexibility index (Phi) is 5.66. The van der Waals surface area contributed by atoms with Crippen molar-refractivity contribution in [2.45, 2.75) is 6.92 Å². The molecular weight excluding hydrogens is 342 g/mol. The first-order chi connectivity index (χ1) is 13.1. The smallest absolute Gasteiger partial charge is 0.254 e. The van der Waals surface area contributed by atoms with E-state index in [9.17, 15) is 9.59 Å². The van der Waals surface area contributed by atoms with Gasteiger partial charge in [-0.15, -0.1) is 0 Å². The van der Waals surface area contributed by atoms with Crippen LogP contribution in [-0.4, -0.2) is 41.9 Å². The predicted molar refractivity (Wildman–Crippen MR) is 105 cm³/mol. The molecule has 0 bridgehead atoms. The predicted octanol–water partition coefficient (Wildman–Crippen LogP) is 3.34. The summed E-state index contributed by atoms with van der Waals surface area (Å²) in [6, 6.07) is 16.2. The molecule has 0 radical (unpaired) electrons. The minimum atomic E-state index is -0.267.